The fourth-order valence-corrected chi connectivity index (χ4v) is 1.55. The van der Waals surface area contributed by atoms with Crippen molar-refractivity contribution >= 4 is 5.91 Å². The monoisotopic (exact) mass is 201 g/mol. The highest BCUT2D eigenvalue weighted by Crippen LogP contribution is 2.11. The second-order valence-corrected chi connectivity index (χ2v) is 3.69. The highest BCUT2D eigenvalue weighted by molar-refractivity contribution is 5.80. The van der Waals surface area contributed by atoms with E-state index in [2.05, 4.69) is 5.32 Å². The van der Waals surface area contributed by atoms with E-state index in [0.717, 1.165) is 25.7 Å². The Morgan fingerprint density at radius 1 is 1.71 bits per heavy atom. The topological polar surface area (TPSA) is 58.6 Å². The summed E-state index contributed by atoms with van der Waals surface area (Å²) in [7, 11) is 0. The van der Waals surface area contributed by atoms with Gasteiger partial charge in [-0.3, -0.25) is 4.79 Å². The first-order valence-electron chi connectivity index (χ1n) is 5.31. The summed E-state index contributed by atoms with van der Waals surface area (Å²) >= 11 is 0. The molecule has 1 saturated heterocycles. The van der Waals surface area contributed by atoms with Gasteiger partial charge in [0, 0.05) is 13.2 Å². The average molecular weight is 201 g/mol. The molecule has 0 radical (unpaired) electrons. The van der Waals surface area contributed by atoms with Crippen molar-refractivity contribution < 1.29 is 14.6 Å². The van der Waals surface area contributed by atoms with Gasteiger partial charge in [-0.05, 0) is 19.3 Å². The van der Waals surface area contributed by atoms with E-state index in [0.29, 0.717) is 13.2 Å². The number of aliphatic hydroxyl groups excluding tert-OH is 1. The van der Waals surface area contributed by atoms with E-state index in [9.17, 15) is 9.90 Å². The molecule has 82 valence electrons. The van der Waals surface area contributed by atoms with Crippen molar-refractivity contribution in [2.45, 2.75) is 44.8 Å². The number of carbonyl (C=O) groups excluding carboxylic acids is 1. The van der Waals surface area contributed by atoms with Crippen LogP contribution in [0.3, 0.4) is 0 Å². The third kappa shape index (κ3) is 3.64. The van der Waals surface area contributed by atoms with Gasteiger partial charge in [-0.15, -0.1) is 0 Å². The van der Waals surface area contributed by atoms with Crippen LogP contribution >= 0.6 is 0 Å². The van der Waals surface area contributed by atoms with E-state index < -0.39 is 6.10 Å². The second-order valence-electron chi connectivity index (χ2n) is 3.69. The Hall–Kier alpha value is -0.610. The Labute approximate surface area is 84.6 Å². The zero-order valence-electron chi connectivity index (χ0n) is 8.66. The number of nitrogens with one attached hydrogen (secondary N) is 1. The van der Waals surface area contributed by atoms with Crippen LogP contribution in [-0.4, -0.2) is 36.4 Å². The smallest absolute Gasteiger partial charge is 0.249 e. The molecule has 2 N–H and O–H groups in total. The van der Waals surface area contributed by atoms with Gasteiger partial charge < -0.3 is 15.2 Å². The van der Waals surface area contributed by atoms with Crippen LogP contribution in [0.1, 0.15) is 32.6 Å². The minimum atomic E-state index is -0.426. The Morgan fingerprint density at radius 2 is 2.50 bits per heavy atom. The van der Waals surface area contributed by atoms with E-state index >= 15 is 0 Å². The van der Waals surface area contributed by atoms with Crippen LogP contribution in [-0.2, 0) is 9.53 Å². The third-order valence-corrected chi connectivity index (χ3v) is 2.36. The molecule has 4 heteroatoms. The first-order chi connectivity index (χ1) is 6.74. The van der Waals surface area contributed by atoms with E-state index in [1.807, 2.05) is 6.92 Å². The minimum Gasteiger partial charge on any atom is -0.391 e. The molecule has 1 amide bonds. The van der Waals surface area contributed by atoms with Crippen molar-refractivity contribution in [3.8, 4) is 0 Å². The van der Waals surface area contributed by atoms with Crippen LogP contribution in [0.25, 0.3) is 0 Å². The molecule has 0 aromatic rings. The lowest BCUT2D eigenvalue weighted by molar-refractivity contribution is -0.130. The summed E-state index contributed by atoms with van der Waals surface area (Å²) in [5.74, 6) is -0.0855. The largest absolute Gasteiger partial charge is 0.391 e. The molecule has 1 rings (SSSR count). The normalized spacial score (nSPS) is 23.4. The van der Waals surface area contributed by atoms with Crippen molar-refractivity contribution in [1.29, 1.82) is 0 Å². The summed E-state index contributed by atoms with van der Waals surface area (Å²) in [6.45, 7) is 3.02. The number of ether oxygens (including phenoxy) is 1. The van der Waals surface area contributed by atoms with Gasteiger partial charge in [0.25, 0.3) is 0 Å². The molecule has 1 unspecified atom stereocenters. The van der Waals surface area contributed by atoms with Gasteiger partial charge in [0.1, 0.15) is 6.10 Å². The lowest BCUT2D eigenvalue weighted by Gasteiger charge is -2.13. The third-order valence-electron chi connectivity index (χ3n) is 2.36. The second kappa shape index (κ2) is 5.98. The van der Waals surface area contributed by atoms with Crippen LogP contribution in [0, 0.1) is 0 Å². The Balaban J connectivity index is 2.13. The molecule has 0 aromatic heterocycles. The Kier molecular flexibility index (Phi) is 4.90. The summed E-state index contributed by atoms with van der Waals surface area (Å²) in [6, 6.07) is 0. The summed E-state index contributed by atoms with van der Waals surface area (Å²) in [6.07, 6.45) is 2.70. The molecule has 0 aromatic carbocycles. The zero-order chi connectivity index (χ0) is 10.4. The van der Waals surface area contributed by atoms with Crippen molar-refractivity contribution in [3.05, 3.63) is 0 Å². The van der Waals surface area contributed by atoms with Gasteiger partial charge in [-0.25, -0.2) is 0 Å². The molecule has 0 aliphatic carbocycles. The molecule has 14 heavy (non-hydrogen) atoms. The molecule has 1 aliphatic heterocycles. The number of aliphatic hydroxyl groups is 1. The van der Waals surface area contributed by atoms with Crippen LogP contribution in [0.2, 0.25) is 0 Å². The number of carbonyl (C=O) groups is 1. The highest BCUT2D eigenvalue weighted by Gasteiger charge is 2.23. The fourth-order valence-electron chi connectivity index (χ4n) is 1.55. The standard InChI is InChI=1S/C10H19NO3/c1-2-4-8(12)7-11-10(13)9-5-3-6-14-9/h8-9,12H,2-7H2,1H3,(H,11,13)/t8?,9-/m0/s1. The molecule has 4 nitrogen and oxygen atoms in total. The first kappa shape index (κ1) is 11.5. The van der Waals surface area contributed by atoms with Gasteiger partial charge >= 0.3 is 0 Å². The van der Waals surface area contributed by atoms with Crippen molar-refractivity contribution in [1.82, 2.24) is 5.32 Å². The van der Waals surface area contributed by atoms with Crippen molar-refractivity contribution in [2.24, 2.45) is 0 Å². The van der Waals surface area contributed by atoms with Gasteiger partial charge in [-0.2, -0.15) is 0 Å². The van der Waals surface area contributed by atoms with Crippen LogP contribution in [0.15, 0.2) is 0 Å². The summed E-state index contributed by atoms with van der Waals surface area (Å²) in [5.41, 5.74) is 0. The summed E-state index contributed by atoms with van der Waals surface area (Å²) < 4.78 is 5.21. The van der Waals surface area contributed by atoms with Gasteiger partial charge in [0.05, 0.1) is 6.10 Å². The first-order valence-corrected chi connectivity index (χ1v) is 5.31. The SMILES string of the molecule is CCCC(O)CNC(=O)[C@@H]1CCCO1. The molecule has 0 spiro atoms. The molecule has 2 atom stereocenters. The fraction of sp³-hybridized carbons (Fsp3) is 0.900. The van der Waals surface area contributed by atoms with Crippen molar-refractivity contribution in [2.75, 3.05) is 13.2 Å². The Morgan fingerprint density at radius 3 is 3.07 bits per heavy atom. The van der Waals surface area contributed by atoms with Gasteiger partial charge in [0.2, 0.25) is 5.91 Å². The van der Waals surface area contributed by atoms with E-state index in [-0.39, 0.29) is 12.0 Å². The molecule has 0 saturated carbocycles. The van der Waals surface area contributed by atoms with Crippen molar-refractivity contribution in [3.63, 3.8) is 0 Å². The molecular formula is C10H19NO3. The highest BCUT2D eigenvalue weighted by atomic mass is 16.5. The molecule has 1 aliphatic rings. The summed E-state index contributed by atoms with van der Waals surface area (Å²) in [4.78, 5) is 11.4. The predicted molar refractivity (Wildman–Crippen MR) is 52.9 cm³/mol. The Bertz CT molecular complexity index is 178. The zero-order valence-corrected chi connectivity index (χ0v) is 8.66. The van der Waals surface area contributed by atoms with Crippen LogP contribution in [0.4, 0.5) is 0 Å². The van der Waals surface area contributed by atoms with Gasteiger partial charge in [-0.1, -0.05) is 13.3 Å². The maximum Gasteiger partial charge on any atom is 0.249 e. The van der Waals surface area contributed by atoms with Crippen LogP contribution < -0.4 is 5.32 Å². The van der Waals surface area contributed by atoms with Crippen LogP contribution in [0.5, 0.6) is 0 Å². The number of hydrogen-bond donors (Lipinski definition) is 2. The molecule has 0 bridgehead atoms. The number of rotatable bonds is 5. The summed E-state index contributed by atoms with van der Waals surface area (Å²) in [5, 5.41) is 12.1. The molecule has 1 fully saturated rings. The number of amides is 1. The minimum absolute atomic E-state index is 0.0855. The lowest BCUT2D eigenvalue weighted by Crippen LogP contribution is -2.38. The number of hydrogen-bond acceptors (Lipinski definition) is 3. The average Bonchev–Trinajstić information content (AvgIpc) is 2.67. The quantitative estimate of drug-likeness (QED) is 0.678. The maximum absolute atomic E-state index is 11.4. The maximum atomic E-state index is 11.4. The predicted octanol–water partition coefficient (Wildman–Crippen LogP) is 0.443. The van der Waals surface area contributed by atoms with E-state index in [1.54, 1.807) is 0 Å². The van der Waals surface area contributed by atoms with Gasteiger partial charge in [0.15, 0.2) is 0 Å². The van der Waals surface area contributed by atoms with E-state index in [1.165, 1.54) is 0 Å². The molecular weight excluding hydrogens is 182 g/mol. The molecule has 1 heterocycles. The lowest BCUT2D eigenvalue weighted by atomic mass is 10.2. The van der Waals surface area contributed by atoms with E-state index in [4.69, 9.17) is 4.74 Å².